The van der Waals surface area contributed by atoms with Gasteiger partial charge in [-0.05, 0) is 79.7 Å². The number of anilines is 4. The number of pyridine rings is 1. The Bertz CT molecular complexity index is 1790. The maximum atomic E-state index is 14.6. The van der Waals surface area contributed by atoms with E-state index in [0.717, 1.165) is 67.1 Å². The molecule has 256 valence electrons. The average molecular weight is 678 g/mol. The van der Waals surface area contributed by atoms with Crippen LogP contribution in [0.25, 0.3) is 10.8 Å². The maximum absolute atomic E-state index is 14.6. The molecule has 0 spiro atoms. The lowest BCUT2D eigenvalue weighted by Gasteiger charge is -2.33. The SMILES string of the molecule is C=CC(=O)N1CCC[C@H]1c1ccc(N2CC[C@@H]([C@@H]3CCCCS3(=O)=O)C2)c2cnc(Nc3ccnc(N4CC[C@@H](OC)[C@@H](F)C4)n3)cc12. The molecule has 13 heteroatoms. The topological polar surface area (TPSA) is 121 Å². The molecule has 1 aromatic carbocycles. The molecule has 3 aromatic rings. The number of carbonyl (C=O) groups excluding carboxylic acids is 1. The van der Waals surface area contributed by atoms with Crippen molar-refractivity contribution < 1.29 is 22.3 Å². The molecule has 0 unspecified atom stereocenters. The Morgan fingerprint density at radius 2 is 1.85 bits per heavy atom. The van der Waals surface area contributed by atoms with Gasteiger partial charge in [0.25, 0.3) is 0 Å². The third-order valence-corrected chi connectivity index (χ3v) is 13.1. The predicted molar refractivity (Wildman–Crippen MR) is 185 cm³/mol. The number of fused-ring (bicyclic) bond motifs is 1. The van der Waals surface area contributed by atoms with Crippen molar-refractivity contribution in [3.05, 3.63) is 54.9 Å². The number of aromatic nitrogens is 3. The molecular weight excluding hydrogens is 633 g/mol. The van der Waals surface area contributed by atoms with Gasteiger partial charge in [-0.25, -0.2) is 22.8 Å². The molecule has 4 aliphatic rings. The molecule has 1 N–H and O–H groups in total. The van der Waals surface area contributed by atoms with Crippen molar-refractivity contribution in [1.29, 1.82) is 0 Å². The number of halogens is 1. The summed E-state index contributed by atoms with van der Waals surface area (Å²) in [6, 6.07) is 7.89. The minimum atomic E-state index is -3.07. The molecule has 5 atom stereocenters. The van der Waals surface area contributed by atoms with Gasteiger partial charge in [-0.3, -0.25) is 4.79 Å². The van der Waals surface area contributed by atoms with Crippen molar-refractivity contribution in [2.75, 3.05) is 60.7 Å². The van der Waals surface area contributed by atoms with Gasteiger partial charge in [0.15, 0.2) is 9.84 Å². The molecule has 4 saturated heterocycles. The van der Waals surface area contributed by atoms with Crippen LogP contribution in [0.3, 0.4) is 0 Å². The number of piperidine rings is 1. The van der Waals surface area contributed by atoms with E-state index in [4.69, 9.17) is 9.72 Å². The van der Waals surface area contributed by atoms with Gasteiger partial charge in [0.1, 0.15) is 17.8 Å². The lowest BCUT2D eigenvalue weighted by atomic mass is 9.96. The van der Waals surface area contributed by atoms with Crippen molar-refractivity contribution in [2.24, 2.45) is 5.92 Å². The Kier molecular flexibility index (Phi) is 9.25. The van der Waals surface area contributed by atoms with Crippen molar-refractivity contribution in [1.82, 2.24) is 19.9 Å². The lowest BCUT2D eigenvalue weighted by Crippen LogP contribution is -2.46. The summed E-state index contributed by atoms with van der Waals surface area (Å²) in [4.78, 5) is 32.8. The Balaban J connectivity index is 1.20. The van der Waals surface area contributed by atoms with E-state index in [1.165, 1.54) is 13.2 Å². The largest absolute Gasteiger partial charge is 0.378 e. The number of methoxy groups -OCH3 is 1. The number of rotatable bonds is 8. The second kappa shape index (κ2) is 13.6. The van der Waals surface area contributed by atoms with Crippen LogP contribution in [0.1, 0.15) is 56.6 Å². The molecule has 48 heavy (non-hydrogen) atoms. The van der Waals surface area contributed by atoms with E-state index < -0.39 is 22.1 Å². The van der Waals surface area contributed by atoms with Gasteiger partial charge in [0.2, 0.25) is 11.9 Å². The summed E-state index contributed by atoms with van der Waals surface area (Å²) in [5.74, 6) is 1.87. The molecule has 4 aliphatic heterocycles. The second-order valence-corrected chi connectivity index (χ2v) is 15.8. The van der Waals surface area contributed by atoms with Crippen molar-refractivity contribution in [3.8, 4) is 0 Å². The van der Waals surface area contributed by atoms with Gasteiger partial charge in [-0.15, -0.1) is 0 Å². The van der Waals surface area contributed by atoms with E-state index in [9.17, 15) is 17.6 Å². The molecule has 1 amide bonds. The van der Waals surface area contributed by atoms with Crippen LogP contribution in [0.4, 0.5) is 27.7 Å². The van der Waals surface area contributed by atoms with Crippen LogP contribution in [-0.2, 0) is 19.4 Å². The number of amides is 1. The van der Waals surface area contributed by atoms with Gasteiger partial charge in [0, 0.05) is 56.8 Å². The molecule has 0 radical (unpaired) electrons. The smallest absolute Gasteiger partial charge is 0.246 e. The number of nitrogens with zero attached hydrogens (tertiary/aromatic N) is 6. The number of sulfone groups is 1. The predicted octanol–water partition coefficient (Wildman–Crippen LogP) is 4.97. The first-order valence-electron chi connectivity index (χ1n) is 17.1. The summed E-state index contributed by atoms with van der Waals surface area (Å²) >= 11 is 0. The summed E-state index contributed by atoms with van der Waals surface area (Å²) < 4.78 is 45.8. The molecule has 0 aliphatic carbocycles. The first-order chi connectivity index (χ1) is 23.3. The fourth-order valence-corrected chi connectivity index (χ4v) is 10.4. The van der Waals surface area contributed by atoms with E-state index in [0.29, 0.717) is 49.4 Å². The summed E-state index contributed by atoms with van der Waals surface area (Å²) in [5, 5.41) is 5.00. The molecule has 7 rings (SSSR count). The number of ether oxygens (including phenoxy) is 1. The van der Waals surface area contributed by atoms with Crippen LogP contribution >= 0.6 is 0 Å². The third kappa shape index (κ3) is 6.34. The average Bonchev–Trinajstić information content (AvgIpc) is 3.78. The summed E-state index contributed by atoms with van der Waals surface area (Å²) in [6.45, 7) is 6.62. The number of alkyl halides is 1. The normalized spacial score (nSPS) is 27.4. The van der Waals surface area contributed by atoms with Gasteiger partial charge < -0.3 is 24.8 Å². The Morgan fingerprint density at radius 1 is 1.00 bits per heavy atom. The van der Waals surface area contributed by atoms with E-state index in [2.05, 4.69) is 38.9 Å². The number of likely N-dealkylation sites (tertiary alicyclic amines) is 1. The zero-order valence-electron chi connectivity index (χ0n) is 27.4. The number of benzene rings is 1. The van der Waals surface area contributed by atoms with E-state index >= 15 is 0 Å². The quantitative estimate of drug-likeness (QED) is 0.327. The minimum absolute atomic E-state index is 0.0863. The highest BCUT2D eigenvalue weighted by atomic mass is 32.2. The van der Waals surface area contributed by atoms with Crippen molar-refractivity contribution in [2.45, 2.75) is 68.5 Å². The maximum Gasteiger partial charge on any atom is 0.246 e. The summed E-state index contributed by atoms with van der Waals surface area (Å²) in [7, 11) is -1.54. The number of nitrogens with one attached hydrogen (secondary N) is 1. The Hall–Kier alpha value is -3.84. The first-order valence-corrected chi connectivity index (χ1v) is 18.8. The van der Waals surface area contributed by atoms with E-state index in [1.807, 2.05) is 22.1 Å². The van der Waals surface area contributed by atoms with E-state index in [-0.39, 0.29) is 29.7 Å². The highest BCUT2D eigenvalue weighted by Crippen LogP contribution is 2.42. The molecule has 6 heterocycles. The van der Waals surface area contributed by atoms with Gasteiger partial charge in [-0.2, -0.15) is 4.98 Å². The minimum Gasteiger partial charge on any atom is -0.378 e. The fraction of sp³-hybridized carbons (Fsp3) is 0.543. The van der Waals surface area contributed by atoms with Gasteiger partial charge >= 0.3 is 0 Å². The van der Waals surface area contributed by atoms with Crippen LogP contribution in [0.15, 0.2) is 49.3 Å². The second-order valence-electron chi connectivity index (χ2n) is 13.5. The van der Waals surface area contributed by atoms with Gasteiger partial charge in [0.05, 0.1) is 29.7 Å². The van der Waals surface area contributed by atoms with Crippen molar-refractivity contribution >= 4 is 49.8 Å². The van der Waals surface area contributed by atoms with Crippen LogP contribution in [0, 0.1) is 5.92 Å². The molecule has 0 bridgehead atoms. The lowest BCUT2D eigenvalue weighted by molar-refractivity contribution is -0.126. The molecule has 11 nitrogen and oxygen atoms in total. The van der Waals surface area contributed by atoms with E-state index in [1.54, 1.807) is 12.3 Å². The van der Waals surface area contributed by atoms with Crippen molar-refractivity contribution in [3.63, 3.8) is 0 Å². The van der Waals surface area contributed by atoms with Crippen LogP contribution in [0.2, 0.25) is 0 Å². The Labute approximate surface area is 281 Å². The van der Waals surface area contributed by atoms with Gasteiger partial charge in [-0.1, -0.05) is 19.1 Å². The van der Waals surface area contributed by atoms with Crippen LogP contribution in [-0.4, -0.2) is 97.3 Å². The Morgan fingerprint density at radius 3 is 2.65 bits per heavy atom. The van der Waals surface area contributed by atoms with Crippen LogP contribution in [0.5, 0.6) is 0 Å². The zero-order valence-corrected chi connectivity index (χ0v) is 28.2. The number of hydrogen-bond donors (Lipinski definition) is 1. The monoisotopic (exact) mass is 677 g/mol. The fourth-order valence-electron chi connectivity index (χ4n) is 8.20. The highest BCUT2D eigenvalue weighted by molar-refractivity contribution is 7.92. The highest BCUT2D eigenvalue weighted by Gasteiger charge is 2.39. The molecule has 2 aromatic heterocycles. The molecule has 0 saturated carbocycles. The van der Waals surface area contributed by atoms with Crippen LogP contribution < -0.4 is 15.1 Å². The number of hydrogen-bond acceptors (Lipinski definition) is 10. The molecular formula is C35H44FN7O4S. The summed E-state index contributed by atoms with van der Waals surface area (Å²) in [6.07, 6.45) is 8.95. The number of carbonyl (C=O) groups is 1. The summed E-state index contributed by atoms with van der Waals surface area (Å²) in [5.41, 5.74) is 2.06. The standard InChI is InChI=1S/C35H44FN7O4S/c1-3-34(44)43-15-6-7-29(43)24-9-10-28(41-16-12-23(21-41)31-8-4-5-18-48(31,45)46)26-20-38-33(19-25(24)26)39-32-11-14-37-35(40-32)42-17-13-30(47-2)27(36)22-42/h3,9-11,14,19-20,23,27,29-31H,1,4-8,12-13,15-18,21-22H2,2H3,(H,37,38,39,40)/t23-,27+,29+,30-,31+/m1/s1. The first kappa shape index (κ1) is 32.7. The zero-order chi connectivity index (χ0) is 33.4. The third-order valence-electron chi connectivity index (χ3n) is 10.7. The molecule has 4 fully saturated rings.